The van der Waals surface area contributed by atoms with Gasteiger partial charge in [0, 0.05) is 5.75 Å². The van der Waals surface area contributed by atoms with Crippen LogP contribution in [0.25, 0.3) is 0 Å². The van der Waals surface area contributed by atoms with Crippen LogP contribution in [0, 0.1) is 11.8 Å². The summed E-state index contributed by atoms with van der Waals surface area (Å²) in [5, 5.41) is 9.20. The highest BCUT2D eigenvalue weighted by molar-refractivity contribution is 8.00. The number of hydrogen-bond acceptors (Lipinski definition) is 5. The van der Waals surface area contributed by atoms with E-state index in [0.717, 1.165) is 12.8 Å². The molecule has 1 amide bonds. The molecule has 1 N–H and O–H groups in total. The predicted octanol–water partition coefficient (Wildman–Crippen LogP) is 0.186. The van der Waals surface area contributed by atoms with E-state index >= 15 is 0 Å². The van der Waals surface area contributed by atoms with E-state index in [0.29, 0.717) is 18.1 Å². The molecule has 3 unspecified atom stereocenters. The maximum atomic E-state index is 12.6. The van der Waals surface area contributed by atoms with Crippen LogP contribution in [0.3, 0.4) is 0 Å². The van der Waals surface area contributed by atoms with Gasteiger partial charge in [0.2, 0.25) is 5.91 Å². The lowest BCUT2D eigenvalue weighted by atomic mass is 10.1. The van der Waals surface area contributed by atoms with Gasteiger partial charge in [-0.05, 0) is 25.2 Å². The Morgan fingerprint density at radius 2 is 1.90 bits per heavy atom. The number of carbonyl (C=O) groups excluding carboxylic acids is 1. The average Bonchev–Trinajstić information content (AvgIpc) is 3.00. The normalized spacial score (nSPS) is 36.2. The van der Waals surface area contributed by atoms with Gasteiger partial charge in [0.15, 0.2) is 9.84 Å². The van der Waals surface area contributed by atoms with Gasteiger partial charge < -0.3 is 10.0 Å². The Hall–Kier alpha value is -0.760. The Balaban J connectivity index is 1.80. The van der Waals surface area contributed by atoms with Gasteiger partial charge in [-0.2, -0.15) is 0 Å². The number of thioether (sulfide) groups is 1. The second-order valence-electron chi connectivity index (χ2n) is 5.76. The van der Waals surface area contributed by atoms with Gasteiger partial charge in [0.1, 0.15) is 6.04 Å². The number of hydrogen-bond donors (Lipinski definition) is 1. The molecule has 6 nitrogen and oxygen atoms in total. The Morgan fingerprint density at radius 3 is 2.40 bits per heavy atom. The molecule has 3 atom stereocenters. The van der Waals surface area contributed by atoms with Crippen molar-refractivity contribution in [1.29, 1.82) is 0 Å². The number of sulfone groups is 1. The molecule has 8 heteroatoms. The third-order valence-corrected chi connectivity index (χ3v) is 7.41. The summed E-state index contributed by atoms with van der Waals surface area (Å²) in [5.41, 5.74) is 0. The van der Waals surface area contributed by atoms with E-state index < -0.39 is 27.8 Å². The van der Waals surface area contributed by atoms with Gasteiger partial charge >= 0.3 is 5.97 Å². The number of carboxylic acid groups (broad SMARTS) is 1. The SMILES string of the molecule is O=C(O)C1CSC(C2CC2)N1C(=O)C1CCS(=O)(=O)C1. The molecule has 0 aromatic rings. The lowest BCUT2D eigenvalue weighted by molar-refractivity contribution is -0.150. The average molecular weight is 319 g/mol. The summed E-state index contributed by atoms with van der Waals surface area (Å²) in [7, 11) is -3.13. The van der Waals surface area contributed by atoms with Gasteiger partial charge in [0.05, 0.1) is 22.8 Å². The number of amides is 1. The zero-order valence-corrected chi connectivity index (χ0v) is 12.5. The number of nitrogens with zero attached hydrogens (tertiary/aromatic N) is 1. The van der Waals surface area contributed by atoms with Gasteiger partial charge in [-0.3, -0.25) is 4.79 Å². The van der Waals surface area contributed by atoms with Crippen LogP contribution in [0.2, 0.25) is 0 Å². The summed E-state index contributed by atoms with van der Waals surface area (Å²) in [5.74, 6) is -1.13. The topological polar surface area (TPSA) is 91.8 Å². The molecule has 1 saturated carbocycles. The van der Waals surface area contributed by atoms with Crippen molar-refractivity contribution in [2.45, 2.75) is 30.7 Å². The van der Waals surface area contributed by atoms with Crippen molar-refractivity contribution in [1.82, 2.24) is 4.90 Å². The summed E-state index contributed by atoms with van der Waals surface area (Å²) in [6, 6.07) is -0.804. The minimum Gasteiger partial charge on any atom is -0.480 e. The summed E-state index contributed by atoms with van der Waals surface area (Å²) in [6.45, 7) is 0. The monoisotopic (exact) mass is 319 g/mol. The first-order chi connectivity index (χ1) is 9.39. The molecular weight excluding hydrogens is 302 g/mol. The molecule has 1 aliphatic carbocycles. The largest absolute Gasteiger partial charge is 0.480 e. The Morgan fingerprint density at radius 1 is 1.20 bits per heavy atom. The van der Waals surface area contributed by atoms with E-state index in [1.165, 1.54) is 16.7 Å². The minimum absolute atomic E-state index is 0.0379. The minimum atomic E-state index is -3.13. The molecule has 3 rings (SSSR count). The quantitative estimate of drug-likeness (QED) is 0.798. The molecule has 3 aliphatic rings. The van der Waals surface area contributed by atoms with Crippen LogP contribution in [0.15, 0.2) is 0 Å². The molecule has 0 bridgehead atoms. The molecule has 0 spiro atoms. The fraction of sp³-hybridized carbons (Fsp3) is 0.833. The summed E-state index contributed by atoms with van der Waals surface area (Å²) < 4.78 is 23.0. The summed E-state index contributed by atoms with van der Waals surface area (Å²) in [6.07, 6.45) is 2.37. The first kappa shape index (κ1) is 14.2. The Labute approximate surface area is 121 Å². The molecule has 3 fully saturated rings. The fourth-order valence-electron chi connectivity index (χ4n) is 2.94. The van der Waals surface area contributed by atoms with Gasteiger partial charge in [-0.15, -0.1) is 11.8 Å². The summed E-state index contributed by atoms with van der Waals surface area (Å²) in [4.78, 5) is 25.4. The number of carbonyl (C=O) groups is 2. The molecule has 0 aromatic carbocycles. The highest BCUT2D eigenvalue weighted by Gasteiger charge is 2.50. The van der Waals surface area contributed by atoms with Crippen LogP contribution in [0.5, 0.6) is 0 Å². The maximum Gasteiger partial charge on any atom is 0.327 e. The van der Waals surface area contributed by atoms with Gasteiger partial charge in [-0.1, -0.05) is 0 Å². The van der Waals surface area contributed by atoms with Crippen LogP contribution in [0.4, 0.5) is 0 Å². The smallest absolute Gasteiger partial charge is 0.327 e. The van der Waals surface area contributed by atoms with Crippen LogP contribution in [-0.2, 0) is 19.4 Å². The third-order valence-electron chi connectivity index (χ3n) is 4.18. The van der Waals surface area contributed by atoms with Gasteiger partial charge in [-0.25, -0.2) is 13.2 Å². The summed E-state index contributed by atoms with van der Waals surface area (Å²) >= 11 is 1.52. The van der Waals surface area contributed by atoms with Crippen LogP contribution < -0.4 is 0 Å². The van der Waals surface area contributed by atoms with E-state index in [1.54, 1.807) is 0 Å². The van der Waals surface area contributed by atoms with Crippen molar-refractivity contribution >= 4 is 33.5 Å². The molecule has 20 heavy (non-hydrogen) atoms. The third kappa shape index (κ3) is 2.55. The van der Waals surface area contributed by atoms with E-state index in [1.807, 2.05) is 0 Å². The van der Waals surface area contributed by atoms with E-state index in [9.17, 15) is 23.1 Å². The molecule has 2 aliphatic heterocycles. The second kappa shape index (κ2) is 4.91. The number of carboxylic acids is 1. The standard InChI is InChI=1S/C12H17NO5S2/c14-10(8-3-4-20(17,18)6-8)13-9(12(15)16)5-19-11(13)7-1-2-7/h7-9,11H,1-6H2,(H,15,16). The Kier molecular flexibility index (Phi) is 3.48. The molecule has 2 saturated heterocycles. The molecular formula is C12H17NO5S2. The van der Waals surface area contributed by atoms with E-state index in [4.69, 9.17) is 0 Å². The highest BCUT2D eigenvalue weighted by Crippen LogP contribution is 2.46. The van der Waals surface area contributed by atoms with Crippen molar-refractivity contribution < 1.29 is 23.1 Å². The zero-order chi connectivity index (χ0) is 14.5. The molecule has 0 radical (unpaired) electrons. The van der Waals surface area contributed by atoms with Crippen molar-refractivity contribution in [3.8, 4) is 0 Å². The van der Waals surface area contributed by atoms with E-state index in [2.05, 4.69) is 0 Å². The first-order valence-corrected chi connectivity index (χ1v) is 9.63. The highest BCUT2D eigenvalue weighted by atomic mass is 32.2. The van der Waals surface area contributed by atoms with E-state index in [-0.39, 0.29) is 22.8 Å². The maximum absolute atomic E-state index is 12.6. The van der Waals surface area contributed by atoms with Crippen molar-refractivity contribution in [2.24, 2.45) is 11.8 Å². The number of rotatable bonds is 3. The molecule has 0 aromatic heterocycles. The first-order valence-electron chi connectivity index (χ1n) is 6.76. The van der Waals surface area contributed by atoms with Crippen molar-refractivity contribution in [2.75, 3.05) is 17.3 Å². The number of aliphatic carboxylic acids is 1. The second-order valence-corrected chi connectivity index (χ2v) is 9.14. The van der Waals surface area contributed by atoms with Crippen LogP contribution >= 0.6 is 11.8 Å². The van der Waals surface area contributed by atoms with Crippen LogP contribution in [0.1, 0.15) is 19.3 Å². The lowest BCUT2D eigenvalue weighted by Crippen LogP contribution is -2.49. The zero-order valence-electron chi connectivity index (χ0n) is 10.9. The van der Waals surface area contributed by atoms with Crippen molar-refractivity contribution in [3.05, 3.63) is 0 Å². The van der Waals surface area contributed by atoms with Crippen LogP contribution in [-0.4, -0.2) is 59.0 Å². The van der Waals surface area contributed by atoms with Gasteiger partial charge in [0.25, 0.3) is 0 Å². The molecule has 2 heterocycles. The fourth-order valence-corrected chi connectivity index (χ4v) is 6.31. The predicted molar refractivity (Wildman–Crippen MR) is 74.0 cm³/mol. The lowest BCUT2D eigenvalue weighted by Gasteiger charge is -2.29. The molecule has 112 valence electrons. The Bertz CT molecular complexity index is 542. The van der Waals surface area contributed by atoms with Crippen molar-refractivity contribution in [3.63, 3.8) is 0 Å².